The van der Waals surface area contributed by atoms with Gasteiger partial charge in [0.05, 0.1) is 0 Å². The molecule has 1 saturated heterocycles. The van der Waals surface area contributed by atoms with Gasteiger partial charge in [-0.05, 0) is 42.4 Å². The van der Waals surface area contributed by atoms with Crippen molar-refractivity contribution < 1.29 is 0 Å². The minimum atomic E-state index is 0.449. The molecule has 7 nitrogen and oxygen atoms in total. The van der Waals surface area contributed by atoms with E-state index in [9.17, 15) is 0 Å². The number of hydrogen-bond acceptors (Lipinski definition) is 6. The molecule has 0 aromatic carbocycles. The van der Waals surface area contributed by atoms with Crippen LogP contribution in [0.1, 0.15) is 12.8 Å². The van der Waals surface area contributed by atoms with Gasteiger partial charge in [0.1, 0.15) is 11.0 Å². The number of nitrogens with one attached hydrogen (secondary N) is 2. The Kier molecular flexibility index (Phi) is 3.79. The van der Waals surface area contributed by atoms with Gasteiger partial charge in [0, 0.05) is 24.7 Å². The lowest BCUT2D eigenvalue weighted by atomic mass is 10.1. The van der Waals surface area contributed by atoms with Gasteiger partial charge in [0.25, 0.3) is 0 Å². The Morgan fingerprint density at radius 1 is 1.35 bits per heavy atom. The van der Waals surface area contributed by atoms with E-state index in [1.807, 2.05) is 13.1 Å². The average Bonchev–Trinajstić information content (AvgIpc) is 3.01. The predicted molar refractivity (Wildman–Crippen MR) is 76.7 cm³/mol. The van der Waals surface area contributed by atoms with E-state index in [4.69, 9.17) is 11.6 Å². The van der Waals surface area contributed by atoms with E-state index in [1.54, 1.807) is 6.07 Å². The Morgan fingerprint density at radius 3 is 2.80 bits per heavy atom. The highest BCUT2D eigenvalue weighted by Gasteiger charge is 2.20. The van der Waals surface area contributed by atoms with Crippen LogP contribution < -0.4 is 10.2 Å². The number of aromatic nitrogens is 5. The molecule has 106 valence electrons. The van der Waals surface area contributed by atoms with Gasteiger partial charge in [-0.1, -0.05) is 11.6 Å². The fraction of sp³-hybridized carbons (Fsp3) is 0.500. The second-order valence-electron chi connectivity index (χ2n) is 4.84. The van der Waals surface area contributed by atoms with E-state index in [1.165, 1.54) is 0 Å². The van der Waals surface area contributed by atoms with Gasteiger partial charge in [-0.25, -0.2) is 10.1 Å². The SMILES string of the molecule is CNC1CCN(c2cc(-c3nnn[nH]3)cc(Cl)n2)CC1. The van der Waals surface area contributed by atoms with Crippen LogP contribution in [0.2, 0.25) is 5.15 Å². The van der Waals surface area contributed by atoms with Crippen LogP contribution in [-0.2, 0) is 0 Å². The van der Waals surface area contributed by atoms with Crippen molar-refractivity contribution in [2.75, 3.05) is 25.0 Å². The van der Waals surface area contributed by atoms with Gasteiger partial charge >= 0.3 is 0 Å². The summed E-state index contributed by atoms with van der Waals surface area (Å²) in [6.07, 6.45) is 2.20. The number of aromatic amines is 1. The first-order chi connectivity index (χ1) is 9.76. The van der Waals surface area contributed by atoms with Crippen molar-refractivity contribution in [3.8, 4) is 11.4 Å². The zero-order chi connectivity index (χ0) is 13.9. The number of H-pyrrole nitrogens is 1. The zero-order valence-electron chi connectivity index (χ0n) is 11.2. The second kappa shape index (κ2) is 5.72. The molecule has 0 atom stereocenters. The molecule has 3 rings (SSSR count). The first-order valence-electron chi connectivity index (χ1n) is 6.60. The molecule has 0 saturated carbocycles. The van der Waals surface area contributed by atoms with Gasteiger partial charge in [-0.3, -0.25) is 0 Å². The summed E-state index contributed by atoms with van der Waals surface area (Å²) in [5.41, 5.74) is 0.848. The third kappa shape index (κ3) is 2.73. The molecule has 0 bridgehead atoms. The fourth-order valence-corrected chi connectivity index (χ4v) is 2.66. The van der Waals surface area contributed by atoms with Crippen LogP contribution in [0.3, 0.4) is 0 Å². The van der Waals surface area contributed by atoms with Crippen molar-refractivity contribution in [2.24, 2.45) is 0 Å². The van der Waals surface area contributed by atoms with Crippen molar-refractivity contribution in [1.82, 2.24) is 30.9 Å². The topological polar surface area (TPSA) is 82.6 Å². The molecule has 0 aliphatic carbocycles. The summed E-state index contributed by atoms with van der Waals surface area (Å²) in [6, 6.07) is 4.31. The normalized spacial score (nSPS) is 16.6. The van der Waals surface area contributed by atoms with Gasteiger partial charge < -0.3 is 10.2 Å². The molecule has 0 amide bonds. The summed E-state index contributed by atoms with van der Waals surface area (Å²) >= 11 is 6.11. The van der Waals surface area contributed by atoms with Crippen LogP contribution in [-0.4, -0.2) is 51.8 Å². The number of piperidine rings is 1. The molecule has 0 unspecified atom stereocenters. The fourth-order valence-electron chi connectivity index (χ4n) is 2.46. The Hall–Kier alpha value is -1.73. The highest BCUT2D eigenvalue weighted by atomic mass is 35.5. The van der Waals surface area contributed by atoms with E-state index < -0.39 is 0 Å². The van der Waals surface area contributed by atoms with E-state index in [-0.39, 0.29) is 0 Å². The number of halogens is 1. The quantitative estimate of drug-likeness (QED) is 0.825. The van der Waals surface area contributed by atoms with Crippen molar-refractivity contribution in [3.05, 3.63) is 17.3 Å². The third-order valence-electron chi connectivity index (χ3n) is 3.63. The average molecular weight is 294 g/mol. The number of anilines is 1. The molecule has 20 heavy (non-hydrogen) atoms. The zero-order valence-corrected chi connectivity index (χ0v) is 11.9. The molecular weight excluding hydrogens is 278 g/mol. The Bertz CT molecular complexity index is 563. The maximum atomic E-state index is 6.11. The van der Waals surface area contributed by atoms with Crippen LogP contribution in [0.15, 0.2) is 12.1 Å². The predicted octanol–water partition coefficient (Wildman–Crippen LogP) is 1.10. The van der Waals surface area contributed by atoms with Crippen LogP contribution in [0.5, 0.6) is 0 Å². The highest BCUT2D eigenvalue weighted by molar-refractivity contribution is 6.29. The first-order valence-corrected chi connectivity index (χ1v) is 6.98. The summed E-state index contributed by atoms with van der Waals surface area (Å²) < 4.78 is 0. The summed E-state index contributed by atoms with van der Waals surface area (Å²) in [7, 11) is 2.01. The maximum Gasteiger partial charge on any atom is 0.179 e. The first kappa shape index (κ1) is 13.3. The lowest BCUT2D eigenvalue weighted by Crippen LogP contribution is -2.41. The van der Waals surface area contributed by atoms with Crippen LogP contribution in [0, 0.1) is 0 Å². The van der Waals surface area contributed by atoms with Gasteiger partial charge in [-0.15, -0.1) is 5.10 Å². The maximum absolute atomic E-state index is 6.11. The van der Waals surface area contributed by atoms with Crippen molar-refractivity contribution >= 4 is 17.4 Å². The second-order valence-corrected chi connectivity index (χ2v) is 5.22. The third-order valence-corrected chi connectivity index (χ3v) is 3.82. The standard InChI is InChI=1S/C12H16ClN7/c1-14-9-2-4-20(5-3-9)11-7-8(6-10(13)15-11)12-16-18-19-17-12/h6-7,9,14H,2-5H2,1H3,(H,16,17,18,19). The summed E-state index contributed by atoms with van der Waals surface area (Å²) in [5, 5.41) is 17.6. The molecule has 0 radical (unpaired) electrons. The summed E-state index contributed by atoms with van der Waals surface area (Å²) in [6.45, 7) is 1.93. The molecule has 1 aliphatic rings. The van der Waals surface area contributed by atoms with E-state index in [0.29, 0.717) is 17.0 Å². The molecule has 1 aliphatic heterocycles. The van der Waals surface area contributed by atoms with Crippen LogP contribution in [0.25, 0.3) is 11.4 Å². The molecule has 0 spiro atoms. The van der Waals surface area contributed by atoms with E-state index in [0.717, 1.165) is 37.3 Å². The smallest absolute Gasteiger partial charge is 0.179 e. The van der Waals surface area contributed by atoms with Crippen LogP contribution >= 0.6 is 11.6 Å². The Labute approximate surface area is 121 Å². The van der Waals surface area contributed by atoms with Crippen molar-refractivity contribution in [2.45, 2.75) is 18.9 Å². The summed E-state index contributed by atoms with van der Waals surface area (Å²) in [4.78, 5) is 6.65. The minimum Gasteiger partial charge on any atom is -0.356 e. The molecule has 1 fully saturated rings. The van der Waals surface area contributed by atoms with Crippen LogP contribution in [0.4, 0.5) is 5.82 Å². The number of pyridine rings is 1. The molecule has 2 aromatic rings. The lowest BCUT2D eigenvalue weighted by Gasteiger charge is -2.32. The number of nitrogens with zero attached hydrogens (tertiary/aromatic N) is 5. The van der Waals surface area contributed by atoms with E-state index >= 15 is 0 Å². The largest absolute Gasteiger partial charge is 0.356 e. The Morgan fingerprint density at radius 2 is 2.15 bits per heavy atom. The van der Waals surface area contributed by atoms with Crippen molar-refractivity contribution in [1.29, 1.82) is 0 Å². The van der Waals surface area contributed by atoms with Gasteiger partial charge in [0.2, 0.25) is 0 Å². The molecular formula is C12H16ClN7. The molecule has 3 heterocycles. The number of rotatable bonds is 3. The number of tetrazole rings is 1. The lowest BCUT2D eigenvalue weighted by molar-refractivity contribution is 0.441. The minimum absolute atomic E-state index is 0.449. The van der Waals surface area contributed by atoms with Crippen molar-refractivity contribution in [3.63, 3.8) is 0 Å². The molecule has 2 aromatic heterocycles. The number of hydrogen-bond donors (Lipinski definition) is 2. The summed E-state index contributed by atoms with van der Waals surface area (Å²) in [5.74, 6) is 1.47. The Balaban J connectivity index is 1.83. The monoisotopic (exact) mass is 293 g/mol. The van der Waals surface area contributed by atoms with Gasteiger partial charge in [-0.2, -0.15) is 0 Å². The van der Waals surface area contributed by atoms with Gasteiger partial charge in [0.15, 0.2) is 5.82 Å². The molecule has 2 N–H and O–H groups in total. The highest BCUT2D eigenvalue weighted by Crippen LogP contribution is 2.25. The van der Waals surface area contributed by atoms with E-state index in [2.05, 4.69) is 35.8 Å². The molecule has 8 heteroatoms.